The molecule has 4 heterocycles. The van der Waals surface area contributed by atoms with E-state index in [1.807, 2.05) is 87.5 Å². The highest BCUT2D eigenvalue weighted by molar-refractivity contribution is 5.87. The van der Waals surface area contributed by atoms with Crippen molar-refractivity contribution in [3.63, 3.8) is 0 Å². The third-order valence-corrected chi connectivity index (χ3v) is 8.71. The van der Waals surface area contributed by atoms with E-state index in [2.05, 4.69) is 28.1 Å². The first kappa shape index (κ1) is 33.9. The minimum absolute atomic E-state index is 0.318. The maximum absolute atomic E-state index is 13.3. The molecule has 5 aromatic rings. The number of fused-ring (bicyclic) bond motifs is 2. The van der Waals surface area contributed by atoms with Crippen LogP contribution in [-0.4, -0.2) is 55.1 Å². The lowest BCUT2D eigenvalue weighted by Gasteiger charge is -2.29. The lowest BCUT2D eigenvalue weighted by atomic mass is 9.95. The topological polar surface area (TPSA) is 95.5 Å². The average Bonchev–Trinajstić information content (AvgIpc) is 3.15. The molecule has 51 heavy (non-hydrogen) atoms. The van der Waals surface area contributed by atoms with E-state index in [-0.39, 0.29) is 0 Å². The van der Waals surface area contributed by atoms with E-state index in [0.717, 1.165) is 69.5 Å². The molecule has 262 valence electrons. The Labute approximate surface area is 298 Å². The molecule has 1 saturated heterocycles. The lowest BCUT2D eigenvalue weighted by Crippen LogP contribution is -2.36. The molecule has 0 aliphatic carbocycles. The second kappa shape index (κ2) is 14.7. The number of hydrogen-bond acceptors (Lipinski definition) is 9. The van der Waals surface area contributed by atoms with Crippen molar-refractivity contribution in [2.75, 3.05) is 43.2 Å². The molecule has 0 radical (unpaired) electrons. The summed E-state index contributed by atoms with van der Waals surface area (Å²) in [7, 11) is 1.66. The number of rotatable bonds is 9. The summed E-state index contributed by atoms with van der Waals surface area (Å²) in [5, 5.41) is 0. The van der Waals surface area contributed by atoms with Crippen molar-refractivity contribution in [3.05, 3.63) is 120 Å². The monoisotopic (exact) mass is 686 g/mol. The summed E-state index contributed by atoms with van der Waals surface area (Å²) in [6.07, 6.45) is 3.58. The second-order valence-electron chi connectivity index (χ2n) is 13.6. The molecule has 0 bridgehead atoms. The minimum atomic E-state index is -0.636. The van der Waals surface area contributed by atoms with Gasteiger partial charge in [-0.05, 0) is 91.6 Å². The van der Waals surface area contributed by atoms with Crippen LogP contribution in [-0.2, 0) is 29.0 Å². The molecule has 3 aromatic carbocycles. The Morgan fingerprint density at radius 2 is 1.73 bits per heavy atom. The second-order valence-corrected chi connectivity index (χ2v) is 13.6. The molecule has 1 amide bonds. The summed E-state index contributed by atoms with van der Waals surface area (Å²) in [5.74, 6) is 2.87. The molecule has 10 nitrogen and oxygen atoms in total. The van der Waals surface area contributed by atoms with Crippen molar-refractivity contribution in [2.45, 2.75) is 45.9 Å². The number of para-hydroxylation sites is 1. The number of methoxy groups -OCH3 is 1. The van der Waals surface area contributed by atoms with Gasteiger partial charge in [0.2, 0.25) is 5.88 Å². The number of morpholine rings is 1. The molecule has 1 fully saturated rings. The van der Waals surface area contributed by atoms with Crippen LogP contribution in [0.5, 0.6) is 23.1 Å². The fourth-order valence-electron chi connectivity index (χ4n) is 6.19. The number of pyridine rings is 2. The first-order chi connectivity index (χ1) is 24.7. The minimum Gasteiger partial charge on any atom is -0.497 e. The number of amides is 1. The molecule has 0 N–H and O–H groups in total. The third kappa shape index (κ3) is 8.07. The SMILES string of the molecule is COc1ccc(COc2cc(N3CCOCC3)cc(-c3cccc4c3Oc3ccc(CN(C(=O)OC(C)(C)C)c5cccnc5)cc3C4)n2)cc1. The highest BCUT2D eigenvalue weighted by Crippen LogP contribution is 2.44. The van der Waals surface area contributed by atoms with E-state index in [0.29, 0.717) is 44.4 Å². The zero-order valence-electron chi connectivity index (χ0n) is 29.4. The Bertz CT molecular complexity index is 1990. The molecule has 2 aromatic heterocycles. The van der Waals surface area contributed by atoms with Crippen LogP contribution >= 0.6 is 0 Å². The summed E-state index contributed by atoms with van der Waals surface area (Å²) in [5.41, 5.74) is 6.75. The van der Waals surface area contributed by atoms with Crippen LogP contribution in [0, 0.1) is 0 Å². The zero-order valence-corrected chi connectivity index (χ0v) is 29.4. The summed E-state index contributed by atoms with van der Waals surface area (Å²) in [4.78, 5) is 26.4. The van der Waals surface area contributed by atoms with Crippen molar-refractivity contribution in [1.29, 1.82) is 0 Å². The van der Waals surface area contributed by atoms with Gasteiger partial charge < -0.3 is 28.6 Å². The molecule has 7 rings (SSSR count). The first-order valence-electron chi connectivity index (χ1n) is 17.2. The van der Waals surface area contributed by atoms with Crippen molar-refractivity contribution < 1.29 is 28.5 Å². The highest BCUT2D eigenvalue weighted by atomic mass is 16.6. The largest absolute Gasteiger partial charge is 0.497 e. The summed E-state index contributed by atoms with van der Waals surface area (Å²) >= 11 is 0. The van der Waals surface area contributed by atoms with Crippen LogP contribution < -0.4 is 24.0 Å². The number of benzene rings is 3. The number of carbonyl (C=O) groups is 1. The summed E-state index contributed by atoms with van der Waals surface area (Å²) in [6, 6.07) is 27.8. The normalized spacial score (nSPS) is 13.8. The van der Waals surface area contributed by atoms with Crippen LogP contribution in [0.25, 0.3) is 11.3 Å². The zero-order chi connectivity index (χ0) is 35.4. The first-order valence-corrected chi connectivity index (χ1v) is 17.2. The third-order valence-electron chi connectivity index (χ3n) is 8.71. The van der Waals surface area contributed by atoms with Gasteiger partial charge in [-0.15, -0.1) is 0 Å². The molecule has 0 atom stereocenters. The van der Waals surface area contributed by atoms with E-state index in [9.17, 15) is 4.79 Å². The molecule has 0 unspecified atom stereocenters. The van der Waals surface area contributed by atoms with Crippen molar-refractivity contribution >= 4 is 17.5 Å². The van der Waals surface area contributed by atoms with Gasteiger partial charge in [0.25, 0.3) is 0 Å². The van der Waals surface area contributed by atoms with Gasteiger partial charge in [0, 0.05) is 43.0 Å². The number of nitrogens with zero attached hydrogens (tertiary/aromatic N) is 4. The predicted octanol–water partition coefficient (Wildman–Crippen LogP) is 8.21. The van der Waals surface area contributed by atoms with Gasteiger partial charge >= 0.3 is 6.09 Å². The summed E-state index contributed by atoms with van der Waals surface area (Å²) in [6.45, 7) is 9.17. The Morgan fingerprint density at radius 3 is 2.47 bits per heavy atom. The Morgan fingerprint density at radius 1 is 0.922 bits per heavy atom. The fraction of sp³-hybridized carbons (Fsp3) is 0.293. The average molecular weight is 687 g/mol. The number of carbonyl (C=O) groups excluding carboxylic acids is 1. The predicted molar refractivity (Wildman–Crippen MR) is 196 cm³/mol. The molecular weight excluding hydrogens is 644 g/mol. The van der Waals surface area contributed by atoms with Crippen molar-refractivity contribution in [1.82, 2.24) is 9.97 Å². The number of hydrogen-bond donors (Lipinski definition) is 0. The molecule has 2 aliphatic heterocycles. The van der Waals surface area contributed by atoms with Gasteiger partial charge in [0.1, 0.15) is 29.5 Å². The molecule has 0 saturated carbocycles. The molecule has 2 aliphatic rings. The Hall–Kier alpha value is -5.61. The van der Waals surface area contributed by atoms with E-state index < -0.39 is 11.7 Å². The van der Waals surface area contributed by atoms with Crippen LogP contribution in [0.2, 0.25) is 0 Å². The van der Waals surface area contributed by atoms with Crippen LogP contribution in [0.4, 0.5) is 16.2 Å². The Balaban J connectivity index is 1.16. The van der Waals surface area contributed by atoms with Crippen molar-refractivity contribution in [3.8, 4) is 34.4 Å². The number of ether oxygens (including phenoxy) is 5. The van der Waals surface area contributed by atoms with E-state index >= 15 is 0 Å². The van der Waals surface area contributed by atoms with Crippen LogP contribution in [0.1, 0.15) is 43.0 Å². The van der Waals surface area contributed by atoms with Gasteiger partial charge in [-0.3, -0.25) is 9.88 Å². The highest BCUT2D eigenvalue weighted by Gasteiger charge is 2.26. The molecule has 10 heteroatoms. The number of aromatic nitrogens is 2. The van der Waals surface area contributed by atoms with Gasteiger partial charge in [-0.1, -0.05) is 30.3 Å². The van der Waals surface area contributed by atoms with Crippen LogP contribution in [0.15, 0.2) is 97.3 Å². The van der Waals surface area contributed by atoms with Gasteiger partial charge in [0.15, 0.2) is 0 Å². The fourth-order valence-corrected chi connectivity index (χ4v) is 6.19. The maximum atomic E-state index is 13.3. The lowest BCUT2D eigenvalue weighted by molar-refractivity contribution is 0.0577. The smallest absolute Gasteiger partial charge is 0.415 e. The van der Waals surface area contributed by atoms with Gasteiger partial charge in [-0.25, -0.2) is 9.78 Å². The van der Waals surface area contributed by atoms with Crippen molar-refractivity contribution in [2.24, 2.45) is 0 Å². The molecule has 0 spiro atoms. The maximum Gasteiger partial charge on any atom is 0.415 e. The van der Waals surface area contributed by atoms with Crippen LogP contribution in [0.3, 0.4) is 0 Å². The standard InChI is InChI=1S/C41H42N4O6/c1-41(2,3)51-40(46)45(32-8-6-16-42-25-32)26-29-12-15-37-31(21-29)22-30-7-5-9-35(39(30)50-37)36-23-33(44-17-19-48-20-18-44)24-38(43-36)49-27-28-10-13-34(47-4)14-11-28/h5-16,21,23-25H,17-20,22,26-27H2,1-4H3. The van der Waals surface area contributed by atoms with Gasteiger partial charge in [0.05, 0.1) is 44.4 Å². The Kier molecular flexibility index (Phi) is 9.76. The van der Waals surface area contributed by atoms with Gasteiger partial charge in [-0.2, -0.15) is 0 Å². The van der Waals surface area contributed by atoms with E-state index in [4.69, 9.17) is 28.7 Å². The van der Waals surface area contributed by atoms with E-state index in [1.165, 1.54) is 0 Å². The molecular formula is C41H42N4O6. The summed E-state index contributed by atoms with van der Waals surface area (Å²) < 4.78 is 29.6. The quantitative estimate of drug-likeness (QED) is 0.149. The van der Waals surface area contributed by atoms with E-state index in [1.54, 1.807) is 24.4 Å². The number of anilines is 2.